The van der Waals surface area contributed by atoms with Gasteiger partial charge in [0.1, 0.15) is 0 Å². The highest BCUT2D eigenvalue weighted by Gasteiger charge is 2.15. The molecule has 0 fully saturated rings. The van der Waals surface area contributed by atoms with Crippen LogP contribution in [0.2, 0.25) is 0 Å². The zero-order valence-electron chi connectivity index (χ0n) is 18.6. The number of carbonyl (C=O) groups is 1. The Labute approximate surface area is 182 Å². The maximum atomic E-state index is 12.9. The van der Waals surface area contributed by atoms with Gasteiger partial charge in [-0.15, -0.1) is 0 Å². The highest BCUT2D eigenvalue weighted by Crippen LogP contribution is 2.28. The number of aryl methyl sites for hydroxylation is 4. The standard InChI is InChI=1S/C25H27N5O/c1-16-12-27-30(14-16)15-20-7-6-8-21(11-20)24(31)28-25-26-13-23(29(25)5)22-10-18(3)17(2)9-19(22)4/h6-14H,15H2,1-5H3,(H,26,28,31). The number of nitrogens with zero attached hydrogens (tertiary/aromatic N) is 4. The van der Waals surface area contributed by atoms with Crippen molar-refractivity contribution < 1.29 is 4.79 Å². The van der Waals surface area contributed by atoms with E-state index in [9.17, 15) is 4.79 Å². The van der Waals surface area contributed by atoms with Crippen LogP contribution < -0.4 is 5.32 Å². The predicted molar refractivity (Wildman–Crippen MR) is 123 cm³/mol. The molecular formula is C25H27N5O. The number of hydrogen-bond acceptors (Lipinski definition) is 3. The molecule has 4 aromatic rings. The van der Waals surface area contributed by atoms with Crippen molar-refractivity contribution in [1.29, 1.82) is 0 Å². The number of aromatic nitrogens is 4. The summed E-state index contributed by atoms with van der Waals surface area (Å²) in [6.07, 6.45) is 5.62. The zero-order chi connectivity index (χ0) is 22.1. The van der Waals surface area contributed by atoms with Crippen LogP contribution >= 0.6 is 0 Å². The first-order valence-corrected chi connectivity index (χ1v) is 10.3. The molecule has 4 rings (SSSR count). The van der Waals surface area contributed by atoms with Gasteiger partial charge in [-0.25, -0.2) is 4.98 Å². The summed E-state index contributed by atoms with van der Waals surface area (Å²) in [5, 5.41) is 7.27. The van der Waals surface area contributed by atoms with E-state index < -0.39 is 0 Å². The molecule has 2 aromatic heterocycles. The molecule has 0 saturated carbocycles. The first-order chi connectivity index (χ1) is 14.8. The van der Waals surface area contributed by atoms with Crippen LogP contribution in [0.4, 0.5) is 5.95 Å². The molecule has 0 unspecified atom stereocenters. The molecule has 1 amide bonds. The molecule has 0 aliphatic heterocycles. The van der Waals surface area contributed by atoms with E-state index in [0.717, 1.165) is 22.4 Å². The van der Waals surface area contributed by atoms with Gasteiger partial charge in [0.2, 0.25) is 5.95 Å². The number of hydrogen-bond donors (Lipinski definition) is 1. The largest absolute Gasteiger partial charge is 0.313 e. The van der Waals surface area contributed by atoms with Gasteiger partial charge in [-0.3, -0.25) is 14.8 Å². The van der Waals surface area contributed by atoms with Crippen LogP contribution in [0.5, 0.6) is 0 Å². The lowest BCUT2D eigenvalue weighted by Crippen LogP contribution is -2.15. The van der Waals surface area contributed by atoms with Crippen LogP contribution in [-0.4, -0.2) is 25.2 Å². The molecule has 0 aliphatic rings. The van der Waals surface area contributed by atoms with Crippen molar-refractivity contribution in [3.05, 3.63) is 88.4 Å². The van der Waals surface area contributed by atoms with E-state index in [1.165, 1.54) is 16.7 Å². The SMILES string of the molecule is Cc1cnn(Cc2cccc(C(=O)Nc3ncc(-c4cc(C)c(C)cc4C)n3C)c2)c1. The number of amides is 1. The Bertz CT molecular complexity index is 1260. The van der Waals surface area contributed by atoms with Crippen LogP contribution in [-0.2, 0) is 13.6 Å². The minimum atomic E-state index is -0.185. The fourth-order valence-electron chi connectivity index (χ4n) is 3.74. The van der Waals surface area contributed by atoms with Crippen LogP contribution in [0.3, 0.4) is 0 Å². The van der Waals surface area contributed by atoms with E-state index >= 15 is 0 Å². The van der Waals surface area contributed by atoms with Crippen LogP contribution in [0.1, 0.15) is 38.2 Å². The van der Waals surface area contributed by atoms with E-state index in [1.807, 2.05) is 66.1 Å². The molecule has 0 saturated heterocycles. The number of imidazole rings is 1. The van der Waals surface area contributed by atoms with Crippen molar-refractivity contribution >= 4 is 11.9 Å². The highest BCUT2D eigenvalue weighted by atomic mass is 16.1. The molecule has 1 N–H and O–H groups in total. The fraction of sp³-hybridized carbons (Fsp3) is 0.240. The van der Waals surface area contributed by atoms with E-state index in [1.54, 1.807) is 0 Å². The van der Waals surface area contributed by atoms with Crippen molar-refractivity contribution in [2.45, 2.75) is 34.2 Å². The van der Waals surface area contributed by atoms with E-state index in [4.69, 9.17) is 0 Å². The summed E-state index contributed by atoms with van der Waals surface area (Å²) in [6, 6.07) is 11.9. The summed E-state index contributed by atoms with van der Waals surface area (Å²) in [7, 11) is 1.92. The third-order valence-electron chi connectivity index (χ3n) is 5.63. The van der Waals surface area contributed by atoms with E-state index in [-0.39, 0.29) is 5.91 Å². The summed E-state index contributed by atoms with van der Waals surface area (Å²) in [4.78, 5) is 17.4. The van der Waals surface area contributed by atoms with Crippen LogP contribution in [0.25, 0.3) is 11.3 Å². The maximum Gasteiger partial charge on any atom is 0.257 e. The topological polar surface area (TPSA) is 64.7 Å². The Balaban J connectivity index is 1.55. The molecule has 158 valence electrons. The van der Waals surface area contributed by atoms with Crippen LogP contribution in [0, 0.1) is 27.7 Å². The van der Waals surface area contributed by atoms with Crippen molar-refractivity contribution in [2.75, 3.05) is 5.32 Å². The monoisotopic (exact) mass is 413 g/mol. The molecule has 0 spiro atoms. The molecule has 31 heavy (non-hydrogen) atoms. The van der Waals surface area contributed by atoms with Crippen molar-refractivity contribution in [1.82, 2.24) is 19.3 Å². The normalized spacial score (nSPS) is 11.0. The molecular weight excluding hydrogens is 386 g/mol. The molecule has 2 heterocycles. The zero-order valence-corrected chi connectivity index (χ0v) is 18.6. The van der Waals surface area contributed by atoms with Gasteiger partial charge in [0.15, 0.2) is 0 Å². The first-order valence-electron chi connectivity index (χ1n) is 10.3. The molecule has 6 heteroatoms. The number of nitrogens with one attached hydrogen (secondary N) is 1. The summed E-state index contributed by atoms with van der Waals surface area (Å²) in [5.74, 6) is 0.335. The summed E-state index contributed by atoms with van der Waals surface area (Å²) < 4.78 is 3.79. The Morgan fingerprint density at radius 1 is 1.00 bits per heavy atom. The molecule has 2 aromatic carbocycles. The minimum absolute atomic E-state index is 0.185. The summed E-state index contributed by atoms with van der Waals surface area (Å²) in [6.45, 7) is 8.94. The highest BCUT2D eigenvalue weighted by molar-refractivity contribution is 6.03. The maximum absolute atomic E-state index is 12.9. The Morgan fingerprint density at radius 3 is 2.52 bits per heavy atom. The number of carbonyl (C=O) groups excluding carboxylic acids is 1. The minimum Gasteiger partial charge on any atom is -0.313 e. The predicted octanol–water partition coefficient (Wildman–Crippen LogP) is 4.82. The average molecular weight is 414 g/mol. The van der Waals surface area contributed by atoms with Crippen molar-refractivity contribution in [3.63, 3.8) is 0 Å². The lowest BCUT2D eigenvalue weighted by atomic mass is 9.99. The first kappa shape index (κ1) is 20.6. The third kappa shape index (κ3) is 4.28. The number of anilines is 1. The molecule has 6 nitrogen and oxygen atoms in total. The Kier molecular flexibility index (Phi) is 5.46. The van der Waals surface area contributed by atoms with Crippen molar-refractivity contribution in [3.8, 4) is 11.3 Å². The molecule has 0 atom stereocenters. The van der Waals surface area contributed by atoms with E-state index in [2.05, 4.69) is 48.3 Å². The van der Waals surface area contributed by atoms with Gasteiger partial charge < -0.3 is 4.57 Å². The number of rotatable bonds is 5. The lowest BCUT2D eigenvalue weighted by molar-refractivity contribution is 0.102. The van der Waals surface area contributed by atoms with Crippen LogP contribution in [0.15, 0.2) is 55.0 Å². The van der Waals surface area contributed by atoms with Gasteiger partial charge in [-0.1, -0.05) is 18.2 Å². The van der Waals surface area contributed by atoms with Gasteiger partial charge in [-0.2, -0.15) is 5.10 Å². The summed E-state index contributed by atoms with van der Waals surface area (Å²) in [5.41, 5.74) is 8.49. The van der Waals surface area contributed by atoms with Gasteiger partial charge in [0.05, 0.1) is 24.6 Å². The van der Waals surface area contributed by atoms with Gasteiger partial charge in [0.25, 0.3) is 5.91 Å². The van der Waals surface area contributed by atoms with Gasteiger partial charge >= 0.3 is 0 Å². The van der Waals surface area contributed by atoms with Crippen molar-refractivity contribution in [2.24, 2.45) is 7.05 Å². The molecule has 0 bridgehead atoms. The second-order valence-electron chi connectivity index (χ2n) is 8.15. The molecule has 0 radical (unpaired) electrons. The summed E-state index contributed by atoms with van der Waals surface area (Å²) >= 11 is 0. The smallest absolute Gasteiger partial charge is 0.257 e. The average Bonchev–Trinajstić information content (AvgIpc) is 3.30. The Hall–Kier alpha value is -3.67. The van der Waals surface area contributed by atoms with Gasteiger partial charge in [0, 0.05) is 24.4 Å². The third-order valence-corrected chi connectivity index (χ3v) is 5.63. The molecule has 0 aliphatic carbocycles. The number of benzene rings is 2. The van der Waals surface area contributed by atoms with E-state index in [0.29, 0.717) is 18.1 Å². The second-order valence-corrected chi connectivity index (χ2v) is 8.15. The Morgan fingerprint density at radius 2 is 1.77 bits per heavy atom. The lowest BCUT2D eigenvalue weighted by Gasteiger charge is -2.12. The quantitative estimate of drug-likeness (QED) is 0.510. The van der Waals surface area contributed by atoms with Gasteiger partial charge in [-0.05, 0) is 73.7 Å². The second kappa shape index (κ2) is 8.22. The fourth-order valence-corrected chi connectivity index (χ4v) is 3.74.